The molecule has 15 nitrogen and oxygen atoms in total. The Balaban J connectivity index is 1.55. The van der Waals surface area contributed by atoms with E-state index in [1.54, 1.807) is 69.3 Å². The van der Waals surface area contributed by atoms with E-state index in [1.807, 2.05) is 0 Å². The minimum atomic E-state index is -2.37. The summed E-state index contributed by atoms with van der Waals surface area (Å²) in [6, 6.07) is 14.9. The van der Waals surface area contributed by atoms with Gasteiger partial charge >= 0.3 is 23.9 Å². The van der Waals surface area contributed by atoms with Crippen LogP contribution in [0.3, 0.4) is 0 Å². The third kappa shape index (κ3) is 7.36. The minimum absolute atomic E-state index is 0.00996. The lowest BCUT2D eigenvalue weighted by molar-refractivity contribution is -0.346. The van der Waals surface area contributed by atoms with Crippen molar-refractivity contribution in [2.24, 2.45) is 16.7 Å². The van der Waals surface area contributed by atoms with Crippen LogP contribution in [0, 0.1) is 16.7 Å². The van der Waals surface area contributed by atoms with Gasteiger partial charge < -0.3 is 44.3 Å². The lowest BCUT2D eigenvalue weighted by atomic mass is 9.44. The van der Waals surface area contributed by atoms with Crippen molar-refractivity contribution in [3.05, 3.63) is 82.9 Å². The summed E-state index contributed by atoms with van der Waals surface area (Å²) in [5.41, 5.74) is -7.13. The number of esters is 4. The van der Waals surface area contributed by atoms with Crippen LogP contribution in [0.15, 0.2) is 71.8 Å². The maximum Gasteiger partial charge on any atom is 0.338 e. The van der Waals surface area contributed by atoms with Gasteiger partial charge in [-0.05, 0) is 49.1 Å². The molecule has 11 atom stereocenters. The summed E-state index contributed by atoms with van der Waals surface area (Å²) in [5, 5.41) is 39.9. The second-order valence-electron chi connectivity index (χ2n) is 16.8. The molecule has 2 aromatic rings. The lowest BCUT2D eigenvalue weighted by Crippen LogP contribution is -2.82. The molecule has 6 rings (SSSR count). The van der Waals surface area contributed by atoms with Gasteiger partial charge in [0.2, 0.25) is 5.91 Å². The Kier molecular flexibility index (Phi) is 12.0. The van der Waals surface area contributed by atoms with Crippen molar-refractivity contribution >= 4 is 35.6 Å². The quantitative estimate of drug-likeness (QED) is 0.145. The van der Waals surface area contributed by atoms with Crippen molar-refractivity contribution in [1.82, 2.24) is 5.32 Å². The molecule has 0 spiro atoms. The zero-order valence-electron chi connectivity index (χ0n) is 34.3. The Hall–Kier alpha value is -4.96. The molecular weight excluding hydrogens is 766 g/mol. The molecule has 1 unspecified atom stereocenters. The van der Waals surface area contributed by atoms with Crippen molar-refractivity contribution in [3.63, 3.8) is 0 Å². The molecule has 4 aliphatic rings. The molecular formula is C44H53NO14. The highest BCUT2D eigenvalue weighted by Crippen LogP contribution is 2.64. The Morgan fingerprint density at radius 2 is 1.56 bits per heavy atom. The van der Waals surface area contributed by atoms with E-state index >= 15 is 4.79 Å². The van der Waals surface area contributed by atoms with Gasteiger partial charge in [0.15, 0.2) is 23.6 Å². The highest BCUT2D eigenvalue weighted by molar-refractivity contribution is 5.95. The van der Waals surface area contributed by atoms with Gasteiger partial charge in [0.1, 0.15) is 23.9 Å². The molecule has 3 fully saturated rings. The largest absolute Gasteiger partial charge is 0.456 e. The summed E-state index contributed by atoms with van der Waals surface area (Å²) < 4.78 is 30.2. The first kappa shape index (κ1) is 43.6. The standard InChI is InChI=1S/C44H53NO14/c1-8-15-31(49)45-33(26-16-11-9-12-17-26)34(50)40(53)57-28-21-44(54)38(58-39(52)27-18-13-10-14-19-27)36-42(7,29(48)20-30-43(36,22-55-30)59-25(4)47)37(51)35(56-24(3)46)32(23(28)2)41(44,5)6/h9-14,16-19,28-30,33-36,38,48,50,54H,8,15,20-22H2,1-7H3,(H,45,49)/t28-,29-,30+,33-,34+,35+,36?,38-,42+,43-,44+/m0/s1. The number of Topliss-reactive ketones (excluding diaryl/α,β-unsaturated/α-hetero) is 1. The monoisotopic (exact) mass is 819 g/mol. The Bertz CT molecular complexity index is 2020. The van der Waals surface area contributed by atoms with E-state index in [2.05, 4.69) is 5.32 Å². The normalized spacial score (nSPS) is 32.9. The molecule has 4 N–H and O–H groups in total. The fraction of sp³-hybridized carbons (Fsp3) is 0.545. The molecule has 318 valence electrons. The number of carbonyl (C=O) groups is 6. The molecule has 1 aliphatic heterocycles. The fourth-order valence-corrected chi connectivity index (χ4v) is 9.84. The highest BCUT2D eigenvalue weighted by atomic mass is 16.6. The van der Waals surface area contributed by atoms with Crippen LogP contribution in [0.5, 0.6) is 0 Å². The van der Waals surface area contributed by atoms with Crippen LogP contribution < -0.4 is 5.32 Å². The first-order valence-corrected chi connectivity index (χ1v) is 19.9. The SMILES string of the molecule is CCCC(=O)N[C@@H](c1ccccc1)[C@@H](O)C(=O)O[C@H]1C[C@@]2(O)[C@@H](OC(=O)c3ccccc3)C3[C@](C)(C(=O)[C@H](OC(C)=O)C(=C1C)C2(C)C)[C@@H](O)C[C@H]1OC[C@@]31OC(C)=O. The Morgan fingerprint density at radius 1 is 0.932 bits per heavy atom. The van der Waals surface area contributed by atoms with Gasteiger partial charge in [-0.2, -0.15) is 0 Å². The van der Waals surface area contributed by atoms with Gasteiger partial charge in [0, 0.05) is 38.5 Å². The Morgan fingerprint density at radius 3 is 2.12 bits per heavy atom. The summed E-state index contributed by atoms with van der Waals surface area (Å²) in [4.78, 5) is 82.5. The van der Waals surface area contributed by atoms with E-state index in [1.165, 1.54) is 26.0 Å². The van der Waals surface area contributed by atoms with Crippen molar-refractivity contribution < 1.29 is 67.8 Å². The number of ether oxygens (including phenoxy) is 5. The van der Waals surface area contributed by atoms with Crippen LogP contribution in [0.4, 0.5) is 0 Å². The zero-order chi connectivity index (χ0) is 43.2. The van der Waals surface area contributed by atoms with E-state index in [9.17, 15) is 39.3 Å². The molecule has 0 aromatic heterocycles. The number of nitrogens with one attached hydrogen (secondary N) is 1. The topological polar surface area (TPSA) is 221 Å². The molecule has 59 heavy (non-hydrogen) atoms. The number of ketones is 1. The van der Waals surface area contributed by atoms with Gasteiger partial charge in [-0.1, -0.05) is 69.3 Å². The van der Waals surface area contributed by atoms with E-state index in [-0.39, 0.29) is 36.2 Å². The van der Waals surface area contributed by atoms with Gasteiger partial charge in [0.25, 0.3) is 0 Å². The van der Waals surface area contributed by atoms with Crippen molar-refractivity contribution in [3.8, 4) is 0 Å². The number of hydrogen-bond donors (Lipinski definition) is 4. The highest BCUT2D eigenvalue weighted by Gasteiger charge is 2.78. The zero-order valence-corrected chi connectivity index (χ0v) is 34.3. The predicted octanol–water partition coefficient (Wildman–Crippen LogP) is 3.22. The summed E-state index contributed by atoms with van der Waals surface area (Å²) >= 11 is 0. The number of amides is 1. The first-order valence-electron chi connectivity index (χ1n) is 19.9. The molecule has 1 saturated heterocycles. The second kappa shape index (κ2) is 16.2. The molecule has 1 amide bonds. The number of fused-ring (bicyclic) bond motifs is 5. The first-order chi connectivity index (χ1) is 27.7. The number of benzene rings is 2. The molecule has 15 heteroatoms. The molecule has 1 heterocycles. The molecule has 3 aliphatic carbocycles. The molecule has 2 saturated carbocycles. The second-order valence-corrected chi connectivity index (χ2v) is 16.8. The maximum atomic E-state index is 15.4. The van der Waals surface area contributed by atoms with Crippen LogP contribution in [-0.2, 0) is 47.7 Å². The third-order valence-corrected chi connectivity index (χ3v) is 13.0. The number of aliphatic hydroxyl groups is 3. The minimum Gasteiger partial charge on any atom is -0.456 e. The van der Waals surface area contributed by atoms with E-state index in [4.69, 9.17) is 23.7 Å². The number of carbonyl (C=O) groups excluding carboxylic acids is 6. The van der Waals surface area contributed by atoms with Gasteiger partial charge in [-0.25, -0.2) is 9.59 Å². The number of hydrogen-bond acceptors (Lipinski definition) is 14. The third-order valence-electron chi connectivity index (χ3n) is 13.0. The van der Waals surface area contributed by atoms with Gasteiger partial charge in [0.05, 0.1) is 35.6 Å². The smallest absolute Gasteiger partial charge is 0.338 e. The van der Waals surface area contributed by atoms with E-state index in [0.29, 0.717) is 12.0 Å². The van der Waals surface area contributed by atoms with Crippen molar-refractivity contribution in [2.75, 3.05) is 6.61 Å². The van der Waals surface area contributed by atoms with Crippen LogP contribution in [-0.4, -0.2) is 105 Å². The van der Waals surface area contributed by atoms with Gasteiger partial charge in [-0.3, -0.25) is 19.2 Å². The van der Waals surface area contributed by atoms with E-state index in [0.717, 1.165) is 13.8 Å². The van der Waals surface area contributed by atoms with Crippen LogP contribution in [0.25, 0.3) is 0 Å². The summed E-state index contributed by atoms with van der Waals surface area (Å²) in [5.74, 6) is -6.60. The number of rotatable bonds is 11. The Labute approximate surface area is 342 Å². The predicted molar refractivity (Wildman–Crippen MR) is 207 cm³/mol. The summed E-state index contributed by atoms with van der Waals surface area (Å²) in [7, 11) is 0. The molecule has 2 aromatic carbocycles. The van der Waals surface area contributed by atoms with Crippen molar-refractivity contribution in [2.45, 2.75) is 128 Å². The van der Waals surface area contributed by atoms with Crippen LogP contribution in [0.2, 0.25) is 0 Å². The molecule has 2 bridgehead atoms. The average molecular weight is 820 g/mol. The molecule has 0 radical (unpaired) electrons. The lowest BCUT2D eigenvalue weighted by Gasteiger charge is -2.67. The maximum absolute atomic E-state index is 15.4. The number of aliphatic hydroxyl groups excluding tert-OH is 2. The van der Waals surface area contributed by atoms with E-state index < -0.39 is 113 Å². The van der Waals surface area contributed by atoms with Gasteiger partial charge in [-0.15, -0.1) is 0 Å². The summed E-state index contributed by atoms with van der Waals surface area (Å²) in [6.45, 7) is 9.81. The van der Waals surface area contributed by atoms with Crippen LogP contribution >= 0.6 is 0 Å². The summed E-state index contributed by atoms with van der Waals surface area (Å²) in [6.07, 6.45) is -9.72. The average Bonchev–Trinajstić information content (AvgIpc) is 3.18. The van der Waals surface area contributed by atoms with Crippen molar-refractivity contribution in [1.29, 1.82) is 0 Å². The van der Waals surface area contributed by atoms with Crippen LogP contribution in [0.1, 0.15) is 96.1 Å². The fourth-order valence-electron chi connectivity index (χ4n) is 9.84.